The van der Waals surface area contributed by atoms with Crippen molar-refractivity contribution in [3.8, 4) is 0 Å². The fourth-order valence-corrected chi connectivity index (χ4v) is 0.579. The smallest absolute Gasteiger partial charge is 0.0735 e. The van der Waals surface area contributed by atoms with E-state index in [1.165, 1.54) is 0 Å². The van der Waals surface area contributed by atoms with E-state index in [2.05, 4.69) is 10.6 Å². The predicted octanol–water partition coefficient (Wildman–Crippen LogP) is 0.0264. The fourth-order valence-electron chi connectivity index (χ4n) is 0.579. The maximum atomic E-state index is 5.60. The number of nitrogens with one attached hydrogen (secondary N) is 2. The number of nitrogens with two attached hydrogens (primary N) is 2. The topological polar surface area (TPSA) is 76.1 Å². The fraction of sp³-hybridized carbons (Fsp3) is 0.750. The summed E-state index contributed by atoms with van der Waals surface area (Å²) >= 11 is 0. The van der Waals surface area contributed by atoms with Crippen LogP contribution in [0.3, 0.4) is 0 Å². The second-order valence-corrected chi connectivity index (χ2v) is 2.70. The van der Waals surface area contributed by atoms with Crippen molar-refractivity contribution in [3.05, 3.63) is 12.4 Å². The minimum atomic E-state index is 0.0286. The molecule has 0 radical (unpaired) electrons. The lowest BCUT2D eigenvalue weighted by molar-refractivity contribution is 0.570. The second-order valence-electron chi connectivity index (χ2n) is 2.70. The zero-order chi connectivity index (χ0) is 9.40. The van der Waals surface area contributed by atoms with Gasteiger partial charge < -0.3 is 22.1 Å². The van der Waals surface area contributed by atoms with Crippen LogP contribution in [0.4, 0.5) is 0 Å². The summed E-state index contributed by atoms with van der Waals surface area (Å²) in [4.78, 5) is 0. The zero-order valence-corrected chi connectivity index (χ0v) is 7.88. The first-order valence-corrected chi connectivity index (χ1v) is 4.39. The lowest BCUT2D eigenvalue weighted by atomic mass is 10.4. The molecule has 2 atom stereocenters. The second kappa shape index (κ2) is 6.94. The minimum Gasteiger partial charge on any atom is -0.375 e. The SMILES string of the molecule is CCC(N)N/C=C/NC(N)CC. The van der Waals surface area contributed by atoms with Crippen LogP contribution >= 0.6 is 0 Å². The van der Waals surface area contributed by atoms with Gasteiger partial charge in [0.25, 0.3) is 0 Å². The van der Waals surface area contributed by atoms with Crippen molar-refractivity contribution in [1.29, 1.82) is 0 Å². The van der Waals surface area contributed by atoms with Crippen LogP contribution in [0.5, 0.6) is 0 Å². The van der Waals surface area contributed by atoms with E-state index in [1.807, 2.05) is 13.8 Å². The number of rotatable bonds is 6. The summed E-state index contributed by atoms with van der Waals surface area (Å²) in [5, 5.41) is 5.98. The van der Waals surface area contributed by atoms with Crippen molar-refractivity contribution in [2.24, 2.45) is 11.5 Å². The Hall–Kier alpha value is -0.740. The number of hydrogen-bond acceptors (Lipinski definition) is 4. The van der Waals surface area contributed by atoms with Crippen molar-refractivity contribution in [2.45, 2.75) is 39.0 Å². The van der Waals surface area contributed by atoms with E-state index in [-0.39, 0.29) is 12.3 Å². The monoisotopic (exact) mass is 172 g/mol. The van der Waals surface area contributed by atoms with Crippen molar-refractivity contribution in [1.82, 2.24) is 10.6 Å². The first-order chi connectivity index (χ1) is 5.70. The largest absolute Gasteiger partial charge is 0.375 e. The van der Waals surface area contributed by atoms with Crippen LogP contribution in [0, 0.1) is 0 Å². The van der Waals surface area contributed by atoms with Gasteiger partial charge in [-0.25, -0.2) is 0 Å². The summed E-state index contributed by atoms with van der Waals surface area (Å²) in [7, 11) is 0. The molecule has 2 unspecified atom stereocenters. The van der Waals surface area contributed by atoms with Gasteiger partial charge in [-0.05, 0) is 12.8 Å². The first-order valence-electron chi connectivity index (χ1n) is 4.39. The molecule has 0 aromatic rings. The van der Waals surface area contributed by atoms with Crippen molar-refractivity contribution < 1.29 is 0 Å². The summed E-state index contributed by atoms with van der Waals surface area (Å²) in [5.41, 5.74) is 11.2. The van der Waals surface area contributed by atoms with E-state index in [4.69, 9.17) is 11.5 Å². The molecule has 0 saturated carbocycles. The van der Waals surface area contributed by atoms with Crippen LogP contribution in [0.1, 0.15) is 26.7 Å². The van der Waals surface area contributed by atoms with Crippen LogP contribution in [-0.4, -0.2) is 12.3 Å². The Kier molecular flexibility index (Phi) is 6.51. The molecule has 0 aliphatic carbocycles. The van der Waals surface area contributed by atoms with Crippen molar-refractivity contribution in [2.75, 3.05) is 0 Å². The van der Waals surface area contributed by atoms with E-state index >= 15 is 0 Å². The molecule has 0 spiro atoms. The van der Waals surface area contributed by atoms with Crippen LogP contribution < -0.4 is 22.1 Å². The van der Waals surface area contributed by atoms with E-state index in [1.54, 1.807) is 12.4 Å². The summed E-state index contributed by atoms with van der Waals surface area (Å²) < 4.78 is 0. The third-order valence-electron chi connectivity index (χ3n) is 1.58. The summed E-state index contributed by atoms with van der Waals surface area (Å²) in [5.74, 6) is 0. The van der Waals surface area contributed by atoms with Gasteiger partial charge in [-0.15, -0.1) is 0 Å². The van der Waals surface area contributed by atoms with E-state index in [9.17, 15) is 0 Å². The molecule has 0 bridgehead atoms. The van der Waals surface area contributed by atoms with Gasteiger partial charge in [-0.2, -0.15) is 0 Å². The van der Waals surface area contributed by atoms with Gasteiger partial charge in [-0.1, -0.05) is 13.8 Å². The Balaban J connectivity index is 3.36. The standard InChI is InChI=1S/C8H20N4/c1-3-7(9)11-5-6-12-8(10)4-2/h5-8,11-12H,3-4,9-10H2,1-2H3/b6-5+. The van der Waals surface area contributed by atoms with Crippen molar-refractivity contribution in [3.63, 3.8) is 0 Å². The highest BCUT2D eigenvalue weighted by atomic mass is 15.0. The van der Waals surface area contributed by atoms with E-state index in [0.717, 1.165) is 12.8 Å². The molecule has 0 saturated heterocycles. The molecular formula is C8H20N4. The van der Waals surface area contributed by atoms with Gasteiger partial charge in [-0.3, -0.25) is 0 Å². The van der Waals surface area contributed by atoms with Gasteiger partial charge >= 0.3 is 0 Å². The molecule has 0 aromatic carbocycles. The van der Waals surface area contributed by atoms with Crippen LogP contribution in [-0.2, 0) is 0 Å². The first kappa shape index (κ1) is 11.3. The highest BCUT2D eigenvalue weighted by molar-refractivity contribution is 4.80. The highest BCUT2D eigenvalue weighted by Gasteiger charge is 1.92. The Bertz CT molecular complexity index is 110. The quantitative estimate of drug-likeness (QED) is 0.426. The minimum absolute atomic E-state index is 0.0286. The van der Waals surface area contributed by atoms with Gasteiger partial charge in [0.2, 0.25) is 0 Å². The summed E-state index contributed by atoms with van der Waals surface area (Å²) in [6.45, 7) is 4.05. The summed E-state index contributed by atoms with van der Waals surface area (Å²) in [6.07, 6.45) is 5.43. The lowest BCUT2D eigenvalue weighted by Gasteiger charge is -2.10. The Morgan fingerprint density at radius 2 is 1.33 bits per heavy atom. The zero-order valence-electron chi connectivity index (χ0n) is 7.88. The maximum Gasteiger partial charge on any atom is 0.0735 e. The Morgan fingerprint density at radius 3 is 1.58 bits per heavy atom. The van der Waals surface area contributed by atoms with Gasteiger partial charge in [0.1, 0.15) is 0 Å². The van der Waals surface area contributed by atoms with Crippen LogP contribution in [0.25, 0.3) is 0 Å². The molecular weight excluding hydrogens is 152 g/mol. The maximum absolute atomic E-state index is 5.60. The molecule has 0 fully saturated rings. The summed E-state index contributed by atoms with van der Waals surface area (Å²) in [6, 6.07) is 0. The van der Waals surface area contributed by atoms with Gasteiger partial charge in [0.05, 0.1) is 12.3 Å². The third kappa shape index (κ3) is 6.00. The predicted molar refractivity (Wildman–Crippen MR) is 51.9 cm³/mol. The molecule has 72 valence electrons. The molecule has 4 nitrogen and oxygen atoms in total. The molecule has 12 heavy (non-hydrogen) atoms. The normalized spacial score (nSPS) is 16.0. The third-order valence-corrected chi connectivity index (χ3v) is 1.58. The molecule has 0 heterocycles. The average Bonchev–Trinajstić information content (AvgIpc) is 2.11. The van der Waals surface area contributed by atoms with Gasteiger partial charge in [0, 0.05) is 12.4 Å². The van der Waals surface area contributed by atoms with Crippen LogP contribution in [0.2, 0.25) is 0 Å². The van der Waals surface area contributed by atoms with Gasteiger partial charge in [0.15, 0.2) is 0 Å². The molecule has 0 rings (SSSR count). The highest BCUT2D eigenvalue weighted by Crippen LogP contribution is 1.81. The lowest BCUT2D eigenvalue weighted by Crippen LogP contribution is -2.35. The van der Waals surface area contributed by atoms with E-state index in [0.29, 0.717) is 0 Å². The molecule has 0 aliphatic rings. The molecule has 0 aliphatic heterocycles. The Labute approximate surface area is 74.4 Å². The molecule has 4 heteroatoms. The van der Waals surface area contributed by atoms with Crippen LogP contribution in [0.15, 0.2) is 12.4 Å². The average molecular weight is 172 g/mol. The molecule has 0 amide bonds. The Morgan fingerprint density at radius 1 is 1.00 bits per heavy atom. The number of hydrogen-bond donors (Lipinski definition) is 4. The van der Waals surface area contributed by atoms with Crippen molar-refractivity contribution >= 4 is 0 Å². The van der Waals surface area contributed by atoms with E-state index < -0.39 is 0 Å². The molecule has 0 aromatic heterocycles. The molecule has 6 N–H and O–H groups in total.